The number of nitrogens with zero attached hydrogens (tertiary/aromatic N) is 3. The van der Waals surface area contributed by atoms with E-state index in [-0.39, 0.29) is 0 Å². The number of fused-ring (bicyclic) bond motifs is 21. The van der Waals surface area contributed by atoms with E-state index in [0.717, 1.165) is 0 Å². The standard InChI is InChI=1S/C42H27N.2C36H23N/c1-2-8-28(9-3-1)32-16-17-34-25-35(19-18-33(34)24-32)36-15-14-30-21-23-41-42(39(30)27-36)38-12-6-7-13-40(38)43(41)37-22-20-29-10-4-5-11-31(29)26-37;1-2-10-26-23-29(19-16-24(26)8-1)37-34-15-6-5-13-33(34)36-32-20-17-27(22-28(32)18-21-35(36)37)31-14-7-11-25-9-3-4-12-30(25)31;1-2-10-27-22-29(20-18-24(27)8-1)37-34-15-6-5-13-32(34)36-33-23-28(17-16-26(33)19-21-35(36)37)31-14-7-11-25-9-3-4-12-30(25)31/h1-27H;2*1-23H. The van der Waals surface area contributed by atoms with Crippen molar-refractivity contribution in [2.45, 2.75) is 0 Å². The van der Waals surface area contributed by atoms with Crippen LogP contribution in [-0.4, -0.2) is 13.7 Å². The molecule has 3 heterocycles. The Labute approximate surface area is 675 Å². The molecule has 3 heteroatoms. The molecule has 3 aromatic heterocycles. The Morgan fingerprint density at radius 2 is 0.402 bits per heavy atom. The van der Waals surface area contributed by atoms with Gasteiger partial charge in [0.2, 0.25) is 0 Å². The second-order valence-electron chi connectivity index (χ2n) is 31.0. The Morgan fingerprint density at radius 1 is 0.120 bits per heavy atom. The lowest BCUT2D eigenvalue weighted by Gasteiger charge is -2.11. The largest absolute Gasteiger partial charge is 0.309 e. The van der Waals surface area contributed by atoms with Crippen molar-refractivity contribution in [1.29, 1.82) is 0 Å². The zero-order valence-electron chi connectivity index (χ0n) is 64.0. The van der Waals surface area contributed by atoms with Crippen LogP contribution in [0.5, 0.6) is 0 Å². The van der Waals surface area contributed by atoms with E-state index in [1.54, 1.807) is 0 Å². The van der Waals surface area contributed by atoms with Crippen LogP contribution in [0.15, 0.2) is 443 Å². The summed E-state index contributed by atoms with van der Waals surface area (Å²) in [5, 5.41) is 30.6. The van der Waals surface area contributed by atoms with Gasteiger partial charge in [0.25, 0.3) is 0 Å². The molecule has 0 atom stereocenters. The first-order chi connectivity index (χ1) is 58.0. The van der Waals surface area contributed by atoms with Gasteiger partial charge in [-0.05, 0) is 245 Å². The summed E-state index contributed by atoms with van der Waals surface area (Å²) in [5.74, 6) is 0. The molecule has 117 heavy (non-hydrogen) atoms. The highest BCUT2D eigenvalue weighted by atomic mass is 15.0. The van der Waals surface area contributed by atoms with Gasteiger partial charge >= 0.3 is 0 Å². The van der Waals surface area contributed by atoms with Crippen LogP contribution in [0, 0.1) is 0 Å². The summed E-state index contributed by atoms with van der Waals surface area (Å²) < 4.78 is 7.25. The van der Waals surface area contributed by atoms with Gasteiger partial charge < -0.3 is 13.7 Å². The second-order valence-corrected chi connectivity index (χ2v) is 31.0. The van der Waals surface area contributed by atoms with Gasteiger partial charge in [0.1, 0.15) is 0 Å². The summed E-state index contributed by atoms with van der Waals surface area (Å²) in [6.45, 7) is 0. The third-order valence-electron chi connectivity index (χ3n) is 24.4. The number of hydrogen-bond acceptors (Lipinski definition) is 0. The third-order valence-corrected chi connectivity index (χ3v) is 24.4. The summed E-state index contributed by atoms with van der Waals surface area (Å²) in [7, 11) is 0. The van der Waals surface area contributed by atoms with Gasteiger partial charge in [-0.3, -0.25) is 0 Å². The maximum absolute atomic E-state index is 2.42. The molecule has 0 bridgehead atoms. The van der Waals surface area contributed by atoms with Crippen LogP contribution in [0.4, 0.5) is 0 Å². The molecule has 3 nitrogen and oxygen atoms in total. The van der Waals surface area contributed by atoms with Crippen molar-refractivity contribution in [3.8, 4) is 61.6 Å². The van der Waals surface area contributed by atoms with E-state index in [4.69, 9.17) is 0 Å². The van der Waals surface area contributed by atoms with Gasteiger partial charge in [0, 0.05) is 49.4 Å². The quantitative estimate of drug-likeness (QED) is 0.151. The minimum absolute atomic E-state index is 1.19. The second kappa shape index (κ2) is 27.8. The lowest BCUT2D eigenvalue weighted by atomic mass is 9.95. The van der Waals surface area contributed by atoms with E-state index in [9.17, 15) is 0 Å². The van der Waals surface area contributed by atoms with Crippen LogP contribution in [0.2, 0.25) is 0 Å². The lowest BCUT2D eigenvalue weighted by molar-refractivity contribution is 1.19. The van der Waals surface area contributed by atoms with Crippen molar-refractivity contribution < 1.29 is 0 Å². The number of hydrogen-bond donors (Lipinski definition) is 0. The van der Waals surface area contributed by atoms with Crippen molar-refractivity contribution in [3.05, 3.63) is 443 Å². The van der Waals surface area contributed by atoms with Crippen LogP contribution in [0.1, 0.15) is 0 Å². The van der Waals surface area contributed by atoms with Gasteiger partial charge in [0.15, 0.2) is 0 Å². The number of para-hydroxylation sites is 3. The minimum Gasteiger partial charge on any atom is -0.309 e. The van der Waals surface area contributed by atoms with E-state index < -0.39 is 0 Å². The van der Waals surface area contributed by atoms with Gasteiger partial charge in [-0.1, -0.05) is 340 Å². The zero-order valence-corrected chi connectivity index (χ0v) is 64.0. The van der Waals surface area contributed by atoms with Crippen LogP contribution >= 0.6 is 0 Å². The summed E-state index contributed by atoms with van der Waals surface area (Å²) in [6.07, 6.45) is 0. The van der Waals surface area contributed by atoms with Crippen molar-refractivity contribution >= 4 is 162 Å². The zero-order chi connectivity index (χ0) is 77.0. The molecular formula is C114H73N3. The highest BCUT2D eigenvalue weighted by molar-refractivity contribution is 6.25. The molecule has 0 amide bonds. The molecule has 0 unspecified atom stereocenters. The van der Waals surface area contributed by atoms with E-state index in [0.29, 0.717) is 0 Å². The maximum Gasteiger partial charge on any atom is 0.0547 e. The SMILES string of the molecule is c1ccc(-c2ccc3cc(-c4ccc5ccc6c(c5c4)c4ccccc4n6-c4ccc5ccccc5c4)ccc3c2)cc1.c1ccc2cc(-n3c4ccccc4c4c5cc(-c6cccc7ccccc67)ccc5ccc43)ccc2c1.c1ccc2cc(-n3c4ccccc4c4c5ccc(-c6cccc7ccccc67)cc5ccc43)ccc2c1. The summed E-state index contributed by atoms with van der Waals surface area (Å²) >= 11 is 0. The first-order valence-corrected chi connectivity index (χ1v) is 40.4. The molecule has 0 aliphatic heterocycles. The number of aromatic nitrogens is 3. The van der Waals surface area contributed by atoms with Gasteiger partial charge in [0.05, 0.1) is 33.1 Å². The molecule has 25 aromatic rings. The van der Waals surface area contributed by atoms with E-state index >= 15 is 0 Å². The third kappa shape index (κ3) is 11.5. The van der Waals surface area contributed by atoms with Crippen molar-refractivity contribution in [3.63, 3.8) is 0 Å². The molecule has 0 aliphatic carbocycles. The maximum atomic E-state index is 2.42. The molecule has 25 rings (SSSR count). The van der Waals surface area contributed by atoms with Gasteiger partial charge in [-0.15, -0.1) is 0 Å². The topological polar surface area (TPSA) is 14.8 Å². The fourth-order valence-corrected chi connectivity index (χ4v) is 18.9. The van der Waals surface area contributed by atoms with E-state index in [1.807, 2.05) is 0 Å². The average molecular weight is 1480 g/mol. The summed E-state index contributed by atoms with van der Waals surface area (Å²) in [4.78, 5) is 0. The normalized spacial score (nSPS) is 11.8. The van der Waals surface area contributed by atoms with Gasteiger partial charge in [-0.2, -0.15) is 0 Å². The summed E-state index contributed by atoms with van der Waals surface area (Å²) in [6, 6.07) is 162. The van der Waals surface area contributed by atoms with Crippen molar-refractivity contribution in [2.24, 2.45) is 0 Å². The Kier molecular flexibility index (Phi) is 16.0. The molecule has 0 spiro atoms. The highest BCUT2D eigenvalue weighted by Crippen LogP contribution is 2.45. The highest BCUT2D eigenvalue weighted by Gasteiger charge is 2.21. The number of rotatable bonds is 7. The smallest absolute Gasteiger partial charge is 0.0547 e. The fourth-order valence-electron chi connectivity index (χ4n) is 18.9. The Hall–Kier alpha value is -15.4. The Morgan fingerprint density at radius 3 is 0.863 bits per heavy atom. The van der Waals surface area contributed by atoms with E-state index in [1.165, 1.54) is 224 Å². The molecule has 0 saturated heterocycles. The first kappa shape index (κ1) is 67.3. The van der Waals surface area contributed by atoms with Crippen LogP contribution in [0.3, 0.4) is 0 Å². The lowest BCUT2D eigenvalue weighted by Crippen LogP contribution is -1.93. The van der Waals surface area contributed by atoms with E-state index in [2.05, 4.69) is 457 Å². The monoisotopic (exact) mass is 1480 g/mol. The molecule has 0 fully saturated rings. The number of benzene rings is 22. The van der Waals surface area contributed by atoms with Crippen LogP contribution < -0.4 is 0 Å². The first-order valence-electron chi connectivity index (χ1n) is 40.4. The predicted molar refractivity (Wildman–Crippen MR) is 502 cm³/mol. The van der Waals surface area contributed by atoms with Crippen LogP contribution in [-0.2, 0) is 0 Å². The van der Waals surface area contributed by atoms with Gasteiger partial charge in [-0.25, -0.2) is 0 Å². The van der Waals surface area contributed by atoms with Crippen LogP contribution in [0.25, 0.3) is 224 Å². The van der Waals surface area contributed by atoms with Crippen molar-refractivity contribution in [1.82, 2.24) is 13.7 Å². The minimum atomic E-state index is 1.19. The molecule has 0 N–H and O–H groups in total. The Bertz CT molecular complexity index is 8330. The Balaban J connectivity index is 0.000000104. The molecule has 0 aliphatic rings. The molecule has 0 saturated carbocycles. The van der Waals surface area contributed by atoms with Crippen molar-refractivity contribution in [2.75, 3.05) is 0 Å². The predicted octanol–water partition coefficient (Wildman–Crippen LogP) is 31.4. The molecule has 22 aromatic carbocycles. The molecule has 0 radical (unpaired) electrons. The average Bonchev–Trinajstić information content (AvgIpc) is 1.59. The molecule has 544 valence electrons. The fraction of sp³-hybridized carbons (Fsp3) is 0. The summed E-state index contributed by atoms with van der Waals surface area (Å²) in [5.41, 5.74) is 21.0. The molecular weight excluding hydrogens is 1410 g/mol.